The molecule has 6 heteroatoms. The predicted molar refractivity (Wildman–Crippen MR) is 72.1 cm³/mol. The number of hydrogen-bond donors (Lipinski definition) is 0. The fourth-order valence-corrected chi connectivity index (χ4v) is 3.83. The number of anilines is 1. The van der Waals surface area contributed by atoms with Gasteiger partial charge in [0.15, 0.2) is 5.13 Å². The maximum atomic E-state index is 11.7. The monoisotopic (exact) mass is 270 g/mol. The summed E-state index contributed by atoms with van der Waals surface area (Å²) < 4.78 is 25.8. The van der Waals surface area contributed by atoms with Gasteiger partial charge in [0.05, 0.1) is 16.5 Å². The molecular formula is C11H14N2O2S2. The van der Waals surface area contributed by atoms with Gasteiger partial charge in [0, 0.05) is 6.54 Å². The molecular weight excluding hydrogens is 256 g/mol. The van der Waals surface area contributed by atoms with Gasteiger partial charge in [-0.25, -0.2) is 17.7 Å². The zero-order valence-electron chi connectivity index (χ0n) is 9.75. The van der Waals surface area contributed by atoms with Gasteiger partial charge >= 0.3 is 0 Å². The largest absolute Gasteiger partial charge is 0.245 e. The summed E-state index contributed by atoms with van der Waals surface area (Å²) in [6.07, 6.45) is 1.98. The van der Waals surface area contributed by atoms with Gasteiger partial charge in [-0.1, -0.05) is 30.4 Å². The highest BCUT2D eigenvalue weighted by Gasteiger charge is 2.19. The van der Waals surface area contributed by atoms with E-state index in [1.54, 1.807) is 0 Å². The lowest BCUT2D eigenvalue weighted by molar-refractivity contribution is 0.596. The molecule has 0 amide bonds. The van der Waals surface area contributed by atoms with Gasteiger partial charge < -0.3 is 0 Å². The highest BCUT2D eigenvalue weighted by Crippen LogP contribution is 2.29. The Balaban J connectivity index is 2.49. The number of fused-ring (bicyclic) bond motifs is 1. The maximum Gasteiger partial charge on any atom is 0.234 e. The van der Waals surface area contributed by atoms with Gasteiger partial charge in [0.2, 0.25) is 10.0 Å². The number of hydrogen-bond acceptors (Lipinski definition) is 4. The number of sulfonamides is 1. The van der Waals surface area contributed by atoms with Crippen molar-refractivity contribution in [1.82, 2.24) is 4.98 Å². The van der Waals surface area contributed by atoms with E-state index in [2.05, 4.69) is 4.98 Å². The van der Waals surface area contributed by atoms with Crippen LogP contribution in [0, 0.1) is 0 Å². The highest BCUT2D eigenvalue weighted by atomic mass is 32.2. The first-order valence-corrected chi connectivity index (χ1v) is 8.02. The third-order valence-electron chi connectivity index (χ3n) is 2.32. The molecule has 0 unspecified atom stereocenters. The summed E-state index contributed by atoms with van der Waals surface area (Å²) in [4.78, 5) is 4.36. The first-order valence-electron chi connectivity index (χ1n) is 5.35. The van der Waals surface area contributed by atoms with E-state index in [1.165, 1.54) is 21.9 Å². The second-order valence-electron chi connectivity index (χ2n) is 3.80. The zero-order valence-corrected chi connectivity index (χ0v) is 11.4. The lowest BCUT2D eigenvalue weighted by Gasteiger charge is -2.17. The third kappa shape index (κ3) is 2.58. The van der Waals surface area contributed by atoms with Crippen LogP contribution in [0.15, 0.2) is 24.3 Å². The van der Waals surface area contributed by atoms with E-state index < -0.39 is 10.0 Å². The molecule has 17 heavy (non-hydrogen) atoms. The molecule has 2 rings (SSSR count). The molecule has 0 radical (unpaired) electrons. The van der Waals surface area contributed by atoms with Crippen molar-refractivity contribution in [1.29, 1.82) is 0 Å². The van der Waals surface area contributed by atoms with Crippen molar-refractivity contribution < 1.29 is 8.42 Å². The van der Waals surface area contributed by atoms with Crippen molar-refractivity contribution in [3.8, 4) is 0 Å². The summed E-state index contributed by atoms with van der Waals surface area (Å²) in [5.41, 5.74) is 0.845. The average molecular weight is 270 g/mol. The highest BCUT2D eigenvalue weighted by molar-refractivity contribution is 7.92. The molecule has 0 aliphatic rings. The summed E-state index contributed by atoms with van der Waals surface area (Å²) in [5, 5.41) is 0.551. The van der Waals surface area contributed by atoms with E-state index in [0.29, 0.717) is 11.7 Å². The van der Waals surface area contributed by atoms with Crippen LogP contribution in [0.2, 0.25) is 0 Å². The van der Waals surface area contributed by atoms with Crippen LogP contribution in [-0.2, 0) is 10.0 Å². The van der Waals surface area contributed by atoms with Crippen molar-refractivity contribution in [2.24, 2.45) is 0 Å². The van der Waals surface area contributed by atoms with Crippen molar-refractivity contribution in [3.63, 3.8) is 0 Å². The number of rotatable bonds is 4. The van der Waals surface area contributed by atoms with Crippen LogP contribution in [0.1, 0.15) is 13.3 Å². The third-order valence-corrected chi connectivity index (χ3v) is 4.65. The maximum absolute atomic E-state index is 11.7. The van der Waals surface area contributed by atoms with E-state index in [1.807, 2.05) is 31.2 Å². The molecule has 1 aromatic carbocycles. The van der Waals surface area contributed by atoms with Crippen LogP contribution in [0.4, 0.5) is 5.13 Å². The predicted octanol–water partition coefficient (Wildman–Crippen LogP) is 2.47. The summed E-state index contributed by atoms with van der Waals surface area (Å²) in [7, 11) is -3.25. The second kappa shape index (κ2) is 4.62. The summed E-state index contributed by atoms with van der Waals surface area (Å²) in [6.45, 7) is 2.42. The van der Waals surface area contributed by atoms with Crippen LogP contribution in [-0.4, -0.2) is 26.2 Å². The van der Waals surface area contributed by atoms with E-state index in [9.17, 15) is 8.42 Å². The first kappa shape index (κ1) is 12.3. The molecule has 1 heterocycles. The van der Waals surface area contributed by atoms with Crippen LogP contribution in [0.5, 0.6) is 0 Å². The molecule has 1 aromatic heterocycles. The van der Waals surface area contributed by atoms with Crippen molar-refractivity contribution in [3.05, 3.63) is 24.3 Å². The SMILES string of the molecule is CCCN(c1nc2ccccc2s1)S(C)(=O)=O. The molecule has 0 N–H and O–H groups in total. The van der Waals surface area contributed by atoms with Crippen molar-refractivity contribution >= 4 is 36.7 Å². The van der Waals surface area contributed by atoms with Crippen LogP contribution < -0.4 is 4.31 Å². The van der Waals surface area contributed by atoms with E-state index in [4.69, 9.17) is 0 Å². The lowest BCUT2D eigenvalue weighted by Crippen LogP contribution is -2.30. The molecule has 0 aliphatic heterocycles. The fourth-order valence-electron chi connectivity index (χ4n) is 1.57. The average Bonchev–Trinajstić information content (AvgIpc) is 2.67. The Labute approximate surface area is 105 Å². The van der Waals surface area contributed by atoms with Crippen LogP contribution in [0.3, 0.4) is 0 Å². The molecule has 0 saturated heterocycles. The number of nitrogens with zero attached hydrogens (tertiary/aromatic N) is 2. The minimum absolute atomic E-state index is 0.471. The lowest BCUT2D eigenvalue weighted by atomic mass is 10.3. The fraction of sp³-hybridized carbons (Fsp3) is 0.364. The van der Waals surface area contributed by atoms with Gasteiger partial charge in [-0.2, -0.15) is 0 Å². The van der Waals surface area contributed by atoms with Crippen molar-refractivity contribution in [2.75, 3.05) is 17.1 Å². The summed E-state index contributed by atoms with van der Waals surface area (Å²) in [5.74, 6) is 0. The topological polar surface area (TPSA) is 50.3 Å². The number of para-hydroxylation sites is 1. The van der Waals surface area contributed by atoms with Gasteiger partial charge in [-0.05, 0) is 18.6 Å². The van der Waals surface area contributed by atoms with Crippen molar-refractivity contribution in [2.45, 2.75) is 13.3 Å². The molecule has 0 atom stereocenters. The smallest absolute Gasteiger partial charge is 0.234 e. The van der Waals surface area contributed by atoms with E-state index in [0.717, 1.165) is 16.6 Å². The normalized spacial score (nSPS) is 11.9. The molecule has 0 fully saturated rings. The quantitative estimate of drug-likeness (QED) is 0.857. The van der Waals surface area contributed by atoms with E-state index in [-0.39, 0.29) is 0 Å². The Kier molecular flexibility index (Phi) is 3.35. The second-order valence-corrected chi connectivity index (χ2v) is 6.72. The minimum Gasteiger partial charge on any atom is -0.245 e. The van der Waals surface area contributed by atoms with Crippen LogP contribution >= 0.6 is 11.3 Å². The molecule has 0 bridgehead atoms. The summed E-state index contributed by atoms with van der Waals surface area (Å²) >= 11 is 1.41. The summed E-state index contributed by atoms with van der Waals surface area (Å²) in [6, 6.07) is 7.66. The Bertz CT molecular complexity index is 586. The molecule has 0 saturated carbocycles. The Morgan fingerprint density at radius 1 is 1.35 bits per heavy atom. The van der Waals surface area contributed by atoms with Gasteiger partial charge in [0.1, 0.15) is 0 Å². The Morgan fingerprint density at radius 2 is 2.06 bits per heavy atom. The van der Waals surface area contributed by atoms with Gasteiger partial charge in [-0.3, -0.25) is 0 Å². The minimum atomic E-state index is -3.25. The van der Waals surface area contributed by atoms with Gasteiger partial charge in [-0.15, -0.1) is 0 Å². The molecule has 0 spiro atoms. The first-order chi connectivity index (χ1) is 8.02. The molecule has 92 valence electrons. The van der Waals surface area contributed by atoms with E-state index >= 15 is 0 Å². The number of thiazole rings is 1. The number of aromatic nitrogens is 1. The Hall–Kier alpha value is -1.14. The zero-order chi connectivity index (χ0) is 12.5. The number of benzene rings is 1. The molecule has 0 aliphatic carbocycles. The Morgan fingerprint density at radius 3 is 2.65 bits per heavy atom. The van der Waals surface area contributed by atoms with Gasteiger partial charge in [0.25, 0.3) is 0 Å². The van der Waals surface area contributed by atoms with Crippen LogP contribution in [0.25, 0.3) is 10.2 Å². The molecule has 4 nitrogen and oxygen atoms in total. The standard InChI is InChI=1S/C11H14N2O2S2/c1-3-8-13(17(2,14)15)11-12-9-6-4-5-7-10(9)16-11/h4-7H,3,8H2,1-2H3. The molecule has 2 aromatic rings.